The first kappa shape index (κ1) is 20.5. The molecule has 1 rings (SSSR count). The summed E-state index contributed by atoms with van der Waals surface area (Å²) in [7, 11) is 0. The van der Waals surface area contributed by atoms with Crippen molar-refractivity contribution in [3.05, 3.63) is 24.0 Å². The maximum absolute atomic E-state index is 12.2. The first-order valence-electron chi connectivity index (χ1n) is 8.72. The summed E-state index contributed by atoms with van der Waals surface area (Å²) >= 11 is 0. The molecule has 24 heavy (non-hydrogen) atoms. The number of rotatable bonds is 9. The summed E-state index contributed by atoms with van der Waals surface area (Å²) < 4.78 is 7.57. The fourth-order valence-corrected chi connectivity index (χ4v) is 2.34. The number of aliphatic hydroxyl groups is 1. The van der Waals surface area contributed by atoms with E-state index in [0.29, 0.717) is 13.1 Å². The Morgan fingerprint density at radius 3 is 2.75 bits per heavy atom. The van der Waals surface area contributed by atoms with Gasteiger partial charge in [-0.3, -0.25) is 0 Å². The minimum absolute atomic E-state index is 0.267. The standard InChI is InChI=1S/C18H33N3O3/c1-6-9-20-10-7-16(14-20)12-19-8-11-21(13-15(2)22)17(23)24-18(3,4)5/h7,10,14-15,19,22H,6,8-9,11-13H2,1-5H3. The van der Waals surface area contributed by atoms with E-state index in [1.54, 1.807) is 11.8 Å². The lowest BCUT2D eigenvalue weighted by atomic mass is 10.2. The second kappa shape index (κ2) is 9.69. The molecule has 0 fully saturated rings. The zero-order valence-electron chi connectivity index (χ0n) is 15.7. The van der Waals surface area contributed by atoms with Gasteiger partial charge in [-0.1, -0.05) is 6.92 Å². The summed E-state index contributed by atoms with van der Waals surface area (Å²) in [6, 6.07) is 2.10. The average Bonchev–Trinajstić information content (AvgIpc) is 2.88. The molecule has 1 aromatic heterocycles. The van der Waals surface area contributed by atoms with E-state index in [1.165, 1.54) is 5.56 Å². The van der Waals surface area contributed by atoms with Gasteiger partial charge in [0.2, 0.25) is 0 Å². The van der Waals surface area contributed by atoms with Gasteiger partial charge in [0.25, 0.3) is 0 Å². The Balaban J connectivity index is 2.42. The molecule has 2 N–H and O–H groups in total. The zero-order valence-corrected chi connectivity index (χ0v) is 15.7. The van der Waals surface area contributed by atoms with Gasteiger partial charge in [0.1, 0.15) is 5.60 Å². The number of hydrogen-bond donors (Lipinski definition) is 2. The van der Waals surface area contributed by atoms with Crippen molar-refractivity contribution in [3.63, 3.8) is 0 Å². The Labute approximate surface area is 145 Å². The van der Waals surface area contributed by atoms with E-state index in [1.807, 2.05) is 20.8 Å². The number of nitrogens with zero attached hydrogens (tertiary/aromatic N) is 2. The third kappa shape index (κ3) is 8.36. The van der Waals surface area contributed by atoms with E-state index >= 15 is 0 Å². The maximum atomic E-state index is 12.2. The third-order valence-electron chi connectivity index (χ3n) is 3.32. The van der Waals surface area contributed by atoms with Crippen LogP contribution in [0.2, 0.25) is 0 Å². The van der Waals surface area contributed by atoms with Crippen LogP contribution in [-0.2, 0) is 17.8 Å². The lowest BCUT2D eigenvalue weighted by Gasteiger charge is -2.28. The monoisotopic (exact) mass is 339 g/mol. The molecule has 1 aromatic rings. The largest absolute Gasteiger partial charge is 0.444 e. The highest BCUT2D eigenvalue weighted by Crippen LogP contribution is 2.10. The van der Waals surface area contributed by atoms with Gasteiger partial charge in [-0.25, -0.2) is 4.79 Å². The second-order valence-electron chi connectivity index (χ2n) is 7.21. The summed E-state index contributed by atoms with van der Waals surface area (Å²) in [5.74, 6) is 0. The summed E-state index contributed by atoms with van der Waals surface area (Å²) in [6.07, 6.45) is 4.37. The van der Waals surface area contributed by atoms with Crippen molar-refractivity contribution in [2.45, 2.75) is 65.8 Å². The van der Waals surface area contributed by atoms with Gasteiger partial charge in [0, 0.05) is 45.1 Å². The van der Waals surface area contributed by atoms with Crippen molar-refractivity contribution >= 4 is 6.09 Å². The average molecular weight is 339 g/mol. The maximum Gasteiger partial charge on any atom is 0.410 e. The Morgan fingerprint density at radius 1 is 1.46 bits per heavy atom. The van der Waals surface area contributed by atoms with Crippen molar-refractivity contribution < 1.29 is 14.6 Å². The molecular formula is C18H33N3O3. The number of aryl methyl sites for hydroxylation is 1. The van der Waals surface area contributed by atoms with Gasteiger partial charge >= 0.3 is 6.09 Å². The van der Waals surface area contributed by atoms with Crippen LogP contribution in [0.25, 0.3) is 0 Å². The molecule has 0 aliphatic carbocycles. The van der Waals surface area contributed by atoms with Crippen molar-refractivity contribution in [2.75, 3.05) is 19.6 Å². The predicted molar refractivity (Wildman–Crippen MR) is 95.9 cm³/mol. The topological polar surface area (TPSA) is 66.7 Å². The molecule has 0 saturated carbocycles. The number of ether oxygens (including phenoxy) is 1. The fourth-order valence-electron chi connectivity index (χ4n) is 2.34. The van der Waals surface area contributed by atoms with E-state index in [0.717, 1.165) is 19.5 Å². The van der Waals surface area contributed by atoms with Crippen LogP contribution in [0, 0.1) is 0 Å². The van der Waals surface area contributed by atoms with Crippen LogP contribution in [0.15, 0.2) is 18.5 Å². The molecule has 0 aromatic carbocycles. The molecule has 0 aliphatic rings. The van der Waals surface area contributed by atoms with Gasteiger partial charge < -0.3 is 24.6 Å². The van der Waals surface area contributed by atoms with Crippen LogP contribution in [0.5, 0.6) is 0 Å². The van der Waals surface area contributed by atoms with Crippen molar-refractivity contribution in [2.24, 2.45) is 0 Å². The van der Waals surface area contributed by atoms with Crippen molar-refractivity contribution in [3.8, 4) is 0 Å². The lowest BCUT2D eigenvalue weighted by Crippen LogP contribution is -2.43. The predicted octanol–water partition coefficient (Wildman–Crippen LogP) is 2.61. The summed E-state index contributed by atoms with van der Waals surface area (Å²) in [5, 5.41) is 12.9. The number of aromatic nitrogens is 1. The number of nitrogens with one attached hydrogen (secondary N) is 1. The first-order chi connectivity index (χ1) is 11.2. The van der Waals surface area contributed by atoms with E-state index in [4.69, 9.17) is 4.74 Å². The quantitative estimate of drug-likeness (QED) is 0.679. The van der Waals surface area contributed by atoms with Crippen LogP contribution in [0.3, 0.4) is 0 Å². The molecule has 1 amide bonds. The van der Waals surface area contributed by atoms with E-state index in [-0.39, 0.29) is 12.6 Å². The van der Waals surface area contributed by atoms with Crippen LogP contribution in [-0.4, -0.2) is 52.0 Å². The minimum atomic E-state index is -0.583. The highest BCUT2D eigenvalue weighted by Gasteiger charge is 2.22. The lowest BCUT2D eigenvalue weighted by molar-refractivity contribution is 0.0164. The third-order valence-corrected chi connectivity index (χ3v) is 3.32. The van der Waals surface area contributed by atoms with Crippen LogP contribution in [0.4, 0.5) is 4.79 Å². The number of carbonyl (C=O) groups is 1. The highest BCUT2D eigenvalue weighted by molar-refractivity contribution is 5.68. The van der Waals surface area contributed by atoms with Crippen LogP contribution >= 0.6 is 0 Å². The fraction of sp³-hybridized carbons (Fsp3) is 0.722. The molecule has 1 unspecified atom stereocenters. The Hall–Kier alpha value is -1.53. The number of aliphatic hydroxyl groups excluding tert-OH is 1. The molecule has 0 aliphatic heterocycles. The molecule has 0 spiro atoms. The first-order valence-corrected chi connectivity index (χ1v) is 8.72. The van der Waals surface area contributed by atoms with Gasteiger partial charge in [-0.2, -0.15) is 0 Å². The Morgan fingerprint density at radius 2 is 2.17 bits per heavy atom. The smallest absolute Gasteiger partial charge is 0.410 e. The second-order valence-corrected chi connectivity index (χ2v) is 7.21. The molecule has 0 bridgehead atoms. The molecular weight excluding hydrogens is 306 g/mol. The molecule has 1 atom stereocenters. The number of carbonyl (C=O) groups excluding carboxylic acids is 1. The SMILES string of the molecule is CCCn1ccc(CNCCN(CC(C)O)C(=O)OC(C)(C)C)c1. The van der Waals surface area contributed by atoms with E-state index < -0.39 is 11.7 Å². The van der Waals surface area contributed by atoms with Crippen molar-refractivity contribution in [1.29, 1.82) is 0 Å². The molecule has 6 heteroatoms. The summed E-state index contributed by atoms with van der Waals surface area (Å²) in [6.45, 7) is 12.5. The van der Waals surface area contributed by atoms with Gasteiger partial charge in [0.15, 0.2) is 0 Å². The molecule has 0 radical (unpaired) electrons. The van der Waals surface area contributed by atoms with E-state index in [9.17, 15) is 9.90 Å². The summed E-state index contributed by atoms with van der Waals surface area (Å²) in [5.41, 5.74) is 0.687. The van der Waals surface area contributed by atoms with Gasteiger partial charge in [0.05, 0.1) is 6.10 Å². The van der Waals surface area contributed by atoms with Crippen LogP contribution < -0.4 is 5.32 Å². The molecule has 0 saturated heterocycles. The summed E-state index contributed by atoms with van der Waals surface area (Å²) in [4.78, 5) is 13.7. The number of hydrogen-bond acceptors (Lipinski definition) is 4. The van der Waals surface area contributed by atoms with Gasteiger partial charge in [-0.05, 0) is 45.7 Å². The molecule has 138 valence electrons. The normalized spacial score (nSPS) is 12.9. The molecule has 1 heterocycles. The Kier molecular flexibility index (Phi) is 8.28. The van der Waals surface area contributed by atoms with E-state index in [2.05, 4.69) is 35.3 Å². The minimum Gasteiger partial charge on any atom is -0.444 e. The van der Waals surface area contributed by atoms with Crippen LogP contribution in [0.1, 0.15) is 46.6 Å². The Bertz CT molecular complexity index is 492. The van der Waals surface area contributed by atoms with Gasteiger partial charge in [-0.15, -0.1) is 0 Å². The molecule has 6 nitrogen and oxygen atoms in total. The zero-order chi connectivity index (χ0) is 18.2. The van der Waals surface area contributed by atoms with Crippen molar-refractivity contribution in [1.82, 2.24) is 14.8 Å². The number of amides is 1. The highest BCUT2D eigenvalue weighted by atomic mass is 16.6.